The second kappa shape index (κ2) is 6.26. The number of nitrogens with zero attached hydrogens (tertiary/aromatic N) is 1. The Morgan fingerprint density at radius 1 is 1.42 bits per heavy atom. The fourth-order valence-corrected chi connectivity index (χ4v) is 2.25. The van der Waals surface area contributed by atoms with E-state index in [-0.39, 0.29) is 5.91 Å². The van der Waals surface area contributed by atoms with Crippen molar-refractivity contribution >= 4 is 17.5 Å². The third kappa shape index (κ3) is 3.61. The number of hydrogen-bond acceptors (Lipinski definition) is 3. The Hall–Kier alpha value is -1.26. The van der Waals surface area contributed by atoms with Crippen LogP contribution in [-0.2, 0) is 4.79 Å². The number of hydrogen-bond donors (Lipinski definition) is 1. The number of halogens is 1. The Morgan fingerprint density at radius 2 is 2.11 bits per heavy atom. The predicted octanol–water partition coefficient (Wildman–Crippen LogP) is 1.85. The molecule has 19 heavy (non-hydrogen) atoms. The zero-order valence-electron chi connectivity index (χ0n) is 11.3. The van der Waals surface area contributed by atoms with Crippen molar-refractivity contribution in [1.82, 2.24) is 10.2 Å². The lowest BCUT2D eigenvalue weighted by Crippen LogP contribution is -2.50. The van der Waals surface area contributed by atoms with E-state index in [0.717, 1.165) is 31.7 Å². The molecule has 1 heterocycles. The van der Waals surface area contributed by atoms with Gasteiger partial charge in [-0.1, -0.05) is 17.7 Å². The van der Waals surface area contributed by atoms with Crippen molar-refractivity contribution in [2.75, 3.05) is 26.2 Å². The van der Waals surface area contributed by atoms with Crippen LogP contribution in [-0.4, -0.2) is 43.1 Å². The van der Waals surface area contributed by atoms with Crippen molar-refractivity contribution in [3.8, 4) is 5.75 Å². The minimum absolute atomic E-state index is 0.0130. The van der Waals surface area contributed by atoms with Crippen LogP contribution in [0.5, 0.6) is 5.75 Å². The lowest BCUT2D eigenvalue weighted by atomic mass is 10.2. The van der Waals surface area contributed by atoms with E-state index in [1.165, 1.54) is 0 Å². The molecular weight excluding hydrogens is 264 g/mol. The molecule has 0 spiro atoms. The second-order valence-electron chi connectivity index (χ2n) is 4.77. The Kier molecular flexibility index (Phi) is 4.66. The van der Waals surface area contributed by atoms with Crippen LogP contribution >= 0.6 is 11.6 Å². The predicted molar refractivity (Wildman–Crippen MR) is 75.7 cm³/mol. The Bertz CT molecular complexity index is 459. The molecule has 1 fully saturated rings. The number of ether oxygens (including phenoxy) is 1. The van der Waals surface area contributed by atoms with Gasteiger partial charge in [0.25, 0.3) is 5.91 Å². The van der Waals surface area contributed by atoms with E-state index in [4.69, 9.17) is 16.3 Å². The minimum atomic E-state index is -0.516. The quantitative estimate of drug-likeness (QED) is 0.920. The summed E-state index contributed by atoms with van der Waals surface area (Å²) in [6.07, 6.45) is -0.516. The van der Waals surface area contributed by atoms with E-state index in [1.807, 2.05) is 24.0 Å². The van der Waals surface area contributed by atoms with Crippen LogP contribution in [0.25, 0.3) is 0 Å². The molecule has 0 aromatic heterocycles. The van der Waals surface area contributed by atoms with Gasteiger partial charge in [-0.3, -0.25) is 4.79 Å². The molecule has 1 amide bonds. The van der Waals surface area contributed by atoms with Crippen LogP contribution in [0, 0.1) is 6.92 Å². The van der Waals surface area contributed by atoms with Gasteiger partial charge < -0.3 is 15.0 Å². The molecule has 1 aromatic carbocycles. The van der Waals surface area contributed by atoms with Gasteiger partial charge in [0.15, 0.2) is 6.10 Å². The zero-order chi connectivity index (χ0) is 13.8. The first kappa shape index (κ1) is 14.2. The average molecular weight is 283 g/mol. The highest BCUT2D eigenvalue weighted by molar-refractivity contribution is 6.32. The molecule has 5 heteroatoms. The van der Waals surface area contributed by atoms with E-state index >= 15 is 0 Å². The van der Waals surface area contributed by atoms with Crippen LogP contribution in [0.3, 0.4) is 0 Å². The number of aryl methyl sites for hydroxylation is 1. The van der Waals surface area contributed by atoms with Gasteiger partial charge in [-0.05, 0) is 31.5 Å². The summed E-state index contributed by atoms with van der Waals surface area (Å²) in [4.78, 5) is 14.1. The lowest BCUT2D eigenvalue weighted by Gasteiger charge is -2.29. The van der Waals surface area contributed by atoms with E-state index in [9.17, 15) is 4.79 Å². The number of nitrogens with one attached hydrogen (secondary N) is 1. The maximum absolute atomic E-state index is 12.2. The highest BCUT2D eigenvalue weighted by Crippen LogP contribution is 2.26. The second-order valence-corrected chi connectivity index (χ2v) is 5.18. The van der Waals surface area contributed by atoms with Gasteiger partial charge in [0, 0.05) is 26.2 Å². The molecule has 4 nitrogen and oxygen atoms in total. The molecule has 1 unspecified atom stereocenters. The van der Waals surface area contributed by atoms with Crippen molar-refractivity contribution in [2.45, 2.75) is 20.0 Å². The molecule has 1 aliphatic heterocycles. The smallest absolute Gasteiger partial charge is 0.263 e. The first-order valence-electron chi connectivity index (χ1n) is 6.50. The topological polar surface area (TPSA) is 41.6 Å². The van der Waals surface area contributed by atoms with Crippen molar-refractivity contribution in [3.05, 3.63) is 28.8 Å². The molecule has 0 aliphatic carbocycles. The summed E-state index contributed by atoms with van der Waals surface area (Å²) in [7, 11) is 0. The van der Waals surface area contributed by atoms with Gasteiger partial charge in [-0.15, -0.1) is 0 Å². The maximum atomic E-state index is 12.2. The van der Waals surface area contributed by atoms with Gasteiger partial charge in [0.05, 0.1) is 5.02 Å². The summed E-state index contributed by atoms with van der Waals surface area (Å²) >= 11 is 6.07. The summed E-state index contributed by atoms with van der Waals surface area (Å²) in [6.45, 7) is 6.87. The maximum Gasteiger partial charge on any atom is 0.263 e. The van der Waals surface area contributed by atoms with Gasteiger partial charge in [-0.2, -0.15) is 0 Å². The highest BCUT2D eigenvalue weighted by Gasteiger charge is 2.23. The number of amides is 1. The molecule has 0 radical (unpaired) electrons. The van der Waals surface area contributed by atoms with Crippen molar-refractivity contribution in [3.63, 3.8) is 0 Å². The summed E-state index contributed by atoms with van der Waals surface area (Å²) in [5.74, 6) is 0.580. The van der Waals surface area contributed by atoms with Crippen molar-refractivity contribution < 1.29 is 9.53 Å². The van der Waals surface area contributed by atoms with E-state index in [1.54, 1.807) is 13.0 Å². The van der Waals surface area contributed by atoms with Crippen LogP contribution in [0.15, 0.2) is 18.2 Å². The third-order valence-corrected chi connectivity index (χ3v) is 3.48. The monoisotopic (exact) mass is 282 g/mol. The number of carbonyl (C=O) groups excluding carboxylic acids is 1. The summed E-state index contributed by atoms with van der Waals surface area (Å²) < 4.78 is 5.70. The Balaban J connectivity index is 2.01. The molecule has 0 bridgehead atoms. The number of rotatable bonds is 3. The van der Waals surface area contributed by atoms with Crippen LogP contribution in [0.2, 0.25) is 5.02 Å². The van der Waals surface area contributed by atoms with E-state index in [2.05, 4.69) is 5.32 Å². The van der Waals surface area contributed by atoms with Crippen molar-refractivity contribution in [1.29, 1.82) is 0 Å². The summed E-state index contributed by atoms with van der Waals surface area (Å²) in [5.41, 5.74) is 1.06. The Morgan fingerprint density at radius 3 is 2.79 bits per heavy atom. The number of benzene rings is 1. The summed E-state index contributed by atoms with van der Waals surface area (Å²) in [6, 6.07) is 5.55. The van der Waals surface area contributed by atoms with Gasteiger partial charge in [-0.25, -0.2) is 0 Å². The van der Waals surface area contributed by atoms with E-state index in [0.29, 0.717) is 10.8 Å². The summed E-state index contributed by atoms with van der Waals surface area (Å²) in [5, 5.41) is 3.75. The molecule has 1 N–H and O–H groups in total. The first-order valence-corrected chi connectivity index (χ1v) is 6.88. The van der Waals surface area contributed by atoms with Gasteiger partial charge >= 0.3 is 0 Å². The van der Waals surface area contributed by atoms with E-state index < -0.39 is 6.10 Å². The first-order chi connectivity index (χ1) is 9.08. The SMILES string of the molecule is Cc1ccc(Cl)c(OC(C)C(=O)N2CCNCC2)c1. The van der Waals surface area contributed by atoms with Crippen LogP contribution < -0.4 is 10.1 Å². The van der Waals surface area contributed by atoms with Gasteiger partial charge in [0.1, 0.15) is 5.75 Å². The standard InChI is InChI=1S/C14H19ClN2O2/c1-10-3-4-12(15)13(9-10)19-11(2)14(18)17-7-5-16-6-8-17/h3-4,9,11,16H,5-8H2,1-2H3. The third-order valence-electron chi connectivity index (χ3n) is 3.17. The molecule has 0 saturated carbocycles. The van der Waals surface area contributed by atoms with Crippen molar-refractivity contribution in [2.24, 2.45) is 0 Å². The fourth-order valence-electron chi connectivity index (χ4n) is 2.08. The molecule has 1 aromatic rings. The minimum Gasteiger partial charge on any atom is -0.479 e. The number of piperazine rings is 1. The molecule has 2 rings (SSSR count). The average Bonchev–Trinajstić information content (AvgIpc) is 2.43. The molecule has 104 valence electrons. The molecular formula is C14H19ClN2O2. The van der Waals surface area contributed by atoms with Crippen LogP contribution in [0.4, 0.5) is 0 Å². The lowest BCUT2D eigenvalue weighted by molar-refractivity contribution is -0.138. The number of carbonyl (C=O) groups is 1. The molecule has 1 atom stereocenters. The highest BCUT2D eigenvalue weighted by atomic mass is 35.5. The fraction of sp³-hybridized carbons (Fsp3) is 0.500. The molecule has 1 aliphatic rings. The largest absolute Gasteiger partial charge is 0.479 e. The van der Waals surface area contributed by atoms with Crippen LogP contribution in [0.1, 0.15) is 12.5 Å². The Labute approximate surface area is 118 Å². The zero-order valence-corrected chi connectivity index (χ0v) is 12.0. The van der Waals surface area contributed by atoms with Gasteiger partial charge in [0.2, 0.25) is 0 Å². The molecule has 1 saturated heterocycles. The normalized spacial score (nSPS) is 17.1.